The van der Waals surface area contributed by atoms with Crippen molar-refractivity contribution in [3.8, 4) is 5.75 Å². The average molecular weight is 168 g/mol. The molecule has 0 saturated heterocycles. The van der Waals surface area contributed by atoms with Gasteiger partial charge in [0.15, 0.2) is 0 Å². The summed E-state index contributed by atoms with van der Waals surface area (Å²) >= 11 is 0. The summed E-state index contributed by atoms with van der Waals surface area (Å²) in [5.41, 5.74) is 0. The smallest absolute Gasteiger partial charge is 0.433 e. The van der Waals surface area contributed by atoms with Gasteiger partial charge in [-0.3, -0.25) is 0 Å². The number of para-hydroxylation sites is 1. The molecule has 0 radical (unpaired) electrons. The van der Waals surface area contributed by atoms with Crippen LogP contribution >= 0.6 is 0 Å². The molecule has 0 atom stereocenters. The molecule has 0 N–H and O–H groups in total. The SMILES string of the molecule is FC(F)(F)Oc1[c-]cccc1.[Li+]. The maximum atomic E-state index is 11.5. The van der Waals surface area contributed by atoms with Gasteiger partial charge in [0, 0.05) is 5.75 Å². The molecule has 0 saturated carbocycles. The van der Waals surface area contributed by atoms with E-state index < -0.39 is 6.36 Å². The molecule has 0 aromatic heterocycles. The van der Waals surface area contributed by atoms with Crippen LogP contribution in [0.1, 0.15) is 0 Å². The fourth-order valence-corrected chi connectivity index (χ4v) is 0.565. The Hall–Kier alpha value is -0.593. The Morgan fingerprint density at radius 3 is 2.33 bits per heavy atom. The Kier molecular flexibility index (Phi) is 4.22. The predicted molar refractivity (Wildman–Crippen MR) is 32.0 cm³/mol. The van der Waals surface area contributed by atoms with E-state index in [0.29, 0.717) is 0 Å². The molecule has 0 spiro atoms. The standard InChI is InChI=1S/C7H4F3O.Li/c8-7(9,10)11-6-4-2-1-3-5-6;/h1-4H;/q-1;+1. The van der Waals surface area contributed by atoms with Gasteiger partial charge in [-0.25, -0.2) is 0 Å². The van der Waals surface area contributed by atoms with Crippen molar-refractivity contribution in [2.24, 2.45) is 0 Å². The van der Waals surface area contributed by atoms with Gasteiger partial charge in [-0.05, 0) is 0 Å². The molecule has 1 aromatic rings. The fraction of sp³-hybridized carbons (Fsp3) is 0.143. The summed E-state index contributed by atoms with van der Waals surface area (Å²) in [6.45, 7) is 0. The van der Waals surface area contributed by atoms with E-state index in [-0.39, 0.29) is 24.6 Å². The quantitative estimate of drug-likeness (QED) is 0.401. The Labute approximate surface area is 79.7 Å². The molecule has 0 unspecified atom stereocenters. The number of hydrogen-bond acceptors (Lipinski definition) is 1. The number of hydrogen-bond donors (Lipinski definition) is 0. The van der Waals surface area contributed by atoms with Crippen LogP contribution in [0.25, 0.3) is 0 Å². The molecule has 5 heteroatoms. The second-order valence-corrected chi connectivity index (χ2v) is 1.77. The van der Waals surface area contributed by atoms with E-state index in [0.717, 1.165) is 0 Å². The van der Waals surface area contributed by atoms with Gasteiger partial charge >= 0.3 is 25.2 Å². The normalized spacial score (nSPS) is 10.2. The summed E-state index contributed by atoms with van der Waals surface area (Å²) in [7, 11) is 0. The molecule has 0 aliphatic rings. The van der Waals surface area contributed by atoms with E-state index in [2.05, 4.69) is 10.8 Å². The largest absolute Gasteiger partial charge is 1.00 e. The van der Waals surface area contributed by atoms with Crippen LogP contribution in [0.3, 0.4) is 0 Å². The second-order valence-electron chi connectivity index (χ2n) is 1.77. The van der Waals surface area contributed by atoms with Crippen molar-refractivity contribution >= 4 is 0 Å². The molecular formula is C7H4F3LiO. The van der Waals surface area contributed by atoms with Crippen LogP contribution in [0.2, 0.25) is 0 Å². The molecule has 0 fully saturated rings. The molecule has 0 aliphatic heterocycles. The summed E-state index contributed by atoms with van der Waals surface area (Å²) in [4.78, 5) is 0. The zero-order valence-corrected chi connectivity index (χ0v) is 6.35. The zero-order valence-electron chi connectivity index (χ0n) is 6.35. The van der Waals surface area contributed by atoms with Crippen LogP contribution in [-0.4, -0.2) is 6.36 Å². The minimum absolute atomic E-state index is 0. The molecule has 12 heavy (non-hydrogen) atoms. The molecule has 0 heterocycles. The van der Waals surface area contributed by atoms with Crippen LogP contribution in [-0.2, 0) is 0 Å². The van der Waals surface area contributed by atoms with Gasteiger partial charge < -0.3 is 4.74 Å². The first-order chi connectivity index (χ1) is 5.08. The molecule has 1 nitrogen and oxygen atoms in total. The van der Waals surface area contributed by atoms with Crippen LogP contribution in [0, 0.1) is 6.07 Å². The zero-order chi connectivity index (χ0) is 8.32. The Morgan fingerprint density at radius 2 is 1.92 bits per heavy atom. The number of ether oxygens (including phenoxy) is 1. The molecule has 1 rings (SSSR count). The minimum atomic E-state index is -4.63. The van der Waals surface area contributed by atoms with E-state index in [9.17, 15) is 13.2 Å². The van der Waals surface area contributed by atoms with E-state index in [4.69, 9.17) is 0 Å². The van der Waals surface area contributed by atoms with Crippen molar-refractivity contribution in [1.29, 1.82) is 0 Å². The molecular weight excluding hydrogens is 164 g/mol. The van der Waals surface area contributed by atoms with Crippen LogP contribution in [0.15, 0.2) is 24.3 Å². The van der Waals surface area contributed by atoms with E-state index >= 15 is 0 Å². The van der Waals surface area contributed by atoms with Crippen LogP contribution in [0.4, 0.5) is 13.2 Å². The fourth-order valence-electron chi connectivity index (χ4n) is 0.565. The maximum Gasteiger partial charge on any atom is 1.00 e. The maximum absolute atomic E-state index is 11.5. The Morgan fingerprint density at radius 1 is 1.25 bits per heavy atom. The second kappa shape index (κ2) is 4.44. The summed E-state index contributed by atoms with van der Waals surface area (Å²) in [6.07, 6.45) is -4.63. The number of alkyl halides is 3. The van der Waals surface area contributed by atoms with Gasteiger partial charge in [0.1, 0.15) is 0 Å². The number of halogens is 3. The first-order valence-corrected chi connectivity index (χ1v) is 2.80. The minimum Gasteiger partial charge on any atom is -0.433 e. The van der Waals surface area contributed by atoms with Crippen molar-refractivity contribution in [3.05, 3.63) is 30.3 Å². The third kappa shape index (κ3) is 4.32. The molecule has 0 amide bonds. The summed E-state index contributed by atoms with van der Waals surface area (Å²) in [5.74, 6) is -0.319. The summed E-state index contributed by atoms with van der Waals surface area (Å²) in [6, 6.07) is 7.82. The van der Waals surface area contributed by atoms with Gasteiger partial charge in [-0.15, -0.1) is 25.3 Å². The molecule has 0 bridgehead atoms. The van der Waals surface area contributed by atoms with Gasteiger partial charge in [-0.1, -0.05) is 0 Å². The van der Waals surface area contributed by atoms with Crippen molar-refractivity contribution in [3.63, 3.8) is 0 Å². The summed E-state index contributed by atoms with van der Waals surface area (Å²) < 4.78 is 38.0. The first kappa shape index (κ1) is 11.4. The van der Waals surface area contributed by atoms with E-state index in [1.165, 1.54) is 18.2 Å². The molecule has 0 aliphatic carbocycles. The third-order valence-electron chi connectivity index (χ3n) is 0.906. The van der Waals surface area contributed by atoms with Gasteiger partial charge in [0.25, 0.3) is 0 Å². The number of benzene rings is 1. The first-order valence-electron chi connectivity index (χ1n) is 2.80. The summed E-state index contributed by atoms with van der Waals surface area (Å²) in [5, 5.41) is 0. The van der Waals surface area contributed by atoms with E-state index in [1.807, 2.05) is 0 Å². The monoisotopic (exact) mass is 168 g/mol. The van der Waals surface area contributed by atoms with E-state index in [1.54, 1.807) is 6.07 Å². The average Bonchev–Trinajstić information content (AvgIpc) is 1.85. The molecule has 60 valence electrons. The van der Waals surface area contributed by atoms with Crippen molar-refractivity contribution < 1.29 is 36.8 Å². The van der Waals surface area contributed by atoms with Crippen molar-refractivity contribution in [2.75, 3.05) is 0 Å². The molecule has 1 aromatic carbocycles. The van der Waals surface area contributed by atoms with Crippen molar-refractivity contribution in [2.45, 2.75) is 6.36 Å². The Balaban J connectivity index is 0.00000121. The predicted octanol–water partition coefficient (Wildman–Crippen LogP) is -0.611. The topological polar surface area (TPSA) is 9.23 Å². The van der Waals surface area contributed by atoms with Gasteiger partial charge in [-0.2, -0.15) is 18.2 Å². The Bertz CT molecular complexity index is 222. The van der Waals surface area contributed by atoms with Crippen molar-refractivity contribution in [1.82, 2.24) is 0 Å². The number of rotatable bonds is 1. The van der Waals surface area contributed by atoms with Gasteiger partial charge in [0.05, 0.1) is 0 Å². The van der Waals surface area contributed by atoms with Gasteiger partial charge in [0.2, 0.25) is 0 Å². The third-order valence-corrected chi connectivity index (χ3v) is 0.906. The van der Waals surface area contributed by atoms with Crippen LogP contribution in [0.5, 0.6) is 5.75 Å². The van der Waals surface area contributed by atoms with Crippen LogP contribution < -0.4 is 23.6 Å².